The van der Waals surface area contributed by atoms with Gasteiger partial charge in [0.25, 0.3) is 5.95 Å². The van der Waals surface area contributed by atoms with E-state index >= 15 is 0 Å². The van der Waals surface area contributed by atoms with Gasteiger partial charge in [-0.1, -0.05) is 0 Å². The molecule has 100 valence electrons. The Balaban J connectivity index is 1.96. The van der Waals surface area contributed by atoms with E-state index in [4.69, 9.17) is 5.84 Å². The van der Waals surface area contributed by atoms with Gasteiger partial charge in [0.15, 0.2) is 5.16 Å². The lowest BCUT2D eigenvalue weighted by molar-refractivity contribution is 0.759. The minimum absolute atomic E-state index is 0.240. The average Bonchev–Trinajstić information content (AvgIpc) is 3.02. The van der Waals surface area contributed by atoms with Crippen molar-refractivity contribution < 1.29 is 0 Å². The van der Waals surface area contributed by atoms with Gasteiger partial charge in [0.2, 0.25) is 11.1 Å². The number of nitrogen functional groups attached to an aromatic ring is 1. The summed E-state index contributed by atoms with van der Waals surface area (Å²) in [6, 6.07) is 3.51. The maximum Gasteiger partial charge on any atom is 0.256 e. The first-order valence-corrected chi connectivity index (χ1v) is 6.34. The van der Waals surface area contributed by atoms with Crippen molar-refractivity contribution in [1.82, 2.24) is 34.7 Å². The Kier molecular flexibility index (Phi) is 3.48. The lowest BCUT2D eigenvalue weighted by Gasteiger charge is -2.05. The second-order valence-electron chi connectivity index (χ2n) is 3.47. The molecule has 0 unspecified atom stereocenters. The first-order valence-electron chi connectivity index (χ1n) is 5.53. The Morgan fingerprint density at radius 3 is 2.55 bits per heavy atom. The van der Waals surface area contributed by atoms with Crippen LogP contribution in [0.2, 0.25) is 0 Å². The zero-order chi connectivity index (χ0) is 13.8. The molecular formula is C10H9N9S. The first-order chi connectivity index (χ1) is 9.85. The number of nitrogens with one attached hydrogen (secondary N) is 1. The summed E-state index contributed by atoms with van der Waals surface area (Å²) in [5.74, 6) is 5.96. The molecule has 0 aliphatic carbocycles. The van der Waals surface area contributed by atoms with Crippen LogP contribution in [0.4, 0.5) is 5.95 Å². The van der Waals surface area contributed by atoms with Gasteiger partial charge in [-0.2, -0.15) is 20.1 Å². The van der Waals surface area contributed by atoms with E-state index in [1.54, 1.807) is 36.9 Å². The fraction of sp³-hybridized carbons (Fsp3) is 0. The van der Waals surface area contributed by atoms with E-state index in [9.17, 15) is 0 Å². The van der Waals surface area contributed by atoms with Crippen LogP contribution in [-0.2, 0) is 0 Å². The normalized spacial score (nSPS) is 10.4. The molecule has 3 aromatic rings. The summed E-state index contributed by atoms with van der Waals surface area (Å²) >= 11 is 1.21. The molecule has 20 heavy (non-hydrogen) atoms. The van der Waals surface area contributed by atoms with Gasteiger partial charge >= 0.3 is 0 Å². The molecule has 3 rings (SSSR count). The molecule has 0 aliphatic heterocycles. The molecule has 0 saturated heterocycles. The predicted molar refractivity (Wildman–Crippen MR) is 70.9 cm³/mol. The average molecular weight is 287 g/mol. The number of hydrogen-bond donors (Lipinski definition) is 2. The summed E-state index contributed by atoms with van der Waals surface area (Å²) in [4.78, 5) is 20.7. The Hall–Kier alpha value is -2.59. The van der Waals surface area contributed by atoms with E-state index in [-0.39, 0.29) is 5.95 Å². The van der Waals surface area contributed by atoms with Crippen molar-refractivity contribution in [2.45, 2.75) is 10.3 Å². The molecule has 0 bridgehead atoms. The fourth-order valence-electron chi connectivity index (χ4n) is 1.37. The van der Waals surface area contributed by atoms with Gasteiger partial charge < -0.3 is 0 Å². The standard InChI is InChI=1S/C10H9N9S/c11-18-7-15-8(19-6-2-5-14-19)17-10(16-7)20-9-12-3-1-4-13-9/h1-6H,11H2,(H,15,16,17,18). The summed E-state index contributed by atoms with van der Waals surface area (Å²) in [6.07, 6.45) is 6.65. The van der Waals surface area contributed by atoms with E-state index in [1.807, 2.05) is 0 Å². The highest BCUT2D eigenvalue weighted by molar-refractivity contribution is 7.99. The predicted octanol–water partition coefficient (Wildman–Crippen LogP) is 0.284. The molecule has 0 radical (unpaired) electrons. The molecule has 3 aromatic heterocycles. The third-order valence-electron chi connectivity index (χ3n) is 2.17. The number of nitrogens with zero attached hydrogens (tertiary/aromatic N) is 7. The number of nitrogens with two attached hydrogens (primary N) is 1. The molecule has 0 aliphatic rings. The molecule has 0 aromatic carbocycles. The third-order valence-corrected chi connectivity index (χ3v) is 2.92. The molecule has 3 heterocycles. The van der Waals surface area contributed by atoms with Crippen LogP contribution in [0.5, 0.6) is 0 Å². The van der Waals surface area contributed by atoms with Gasteiger partial charge in [-0.15, -0.1) is 0 Å². The highest BCUT2D eigenvalue weighted by Crippen LogP contribution is 2.21. The molecule has 0 spiro atoms. The van der Waals surface area contributed by atoms with Crippen LogP contribution in [0.1, 0.15) is 0 Å². The maximum absolute atomic E-state index is 5.36. The number of rotatable bonds is 4. The van der Waals surface area contributed by atoms with Crippen molar-refractivity contribution in [1.29, 1.82) is 0 Å². The van der Waals surface area contributed by atoms with Gasteiger partial charge in [-0.25, -0.2) is 20.5 Å². The van der Waals surface area contributed by atoms with Crippen LogP contribution in [-0.4, -0.2) is 34.7 Å². The van der Waals surface area contributed by atoms with Crippen molar-refractivity contribution in [2.24, 2.45) is 5.84 Å². The second-order valence-corrected chi connectivity index (χ2v) is 4.40. The van der Waals surface area contributed by atoms with Crippen LogP contribution < -0.4 is 11.3 Å². The highest BCUT2D eigenvalue weighted by Gasteiger charge is 2.10. The van der Waals surface area contributed by atoms with Crippen molar-refractivity contribution in [2.75, 3.05) is 5.43 Å². The summed E-state index contributed by atoms with van der Waals surface area (Å²) in [7, 11) is 0. The van der Waals surface area contributed by atoms with Crippen molar-refractivity contribution >= 4 is 17.7 Å². The van der Waals surface area contributed by atoms with Crippen LogP contribution in [0.15, 0.2) is 47.2 Å². The number of aromatic nitrogens is 7. The topological polar surface area (TPSA) is 120 Å². The van der Waals surface area contributed by atoms with Crippen LogP contribution in [0.25, 0.3) is 5.95 Å². The molecule has 9 nitrogen and oxygen atoms in total. The number of hydrogen-bond acceptors (Lipinski definition) is 9. The molecule has 0 amide bonds. The largest absolute Gasteiger partial charge is 0.292 e. The Bertz CT molecular complexity index is 685. The summed E-state index contributed by atoms with van der Waals surface area (Å²) < 4.78 is 1.51. The molecule has 0 atom stereocenters. The van der Waals surface area contributed by atoms with Crippen molar-refractivity contribution in [3.05, 3.63) is 36.9 Å². The van der Waals surface area contributed by atoms with Gasteiger partial charge in [-0.3, -0.25) is 5.43 Å². The SMILES string of the molecule is NNc1nc(Sc2ncccn2)nc(-n2cccn2)n1. The summed E-state index contributed by atoms with van der Waals surface area (Å²) in [6.45, 7) is 0. The maximum atomic E-state index is 5.36. The molecule has 0 fully saturated rings. The van der Waals surface area contributed by atoms with Gasteiger partial charge in [-0.05, 0) is 23.9 Å². The van der Waals surface area contributed by atoms with Crippen molar-refractivity contribution in [3.63, 3.8) is 0 Å². The van der Waals surface area contributed by atoms with E-state index in [0.29, 0.717) is 16.3 Å². The Morgan fingerprint density at radius 2 is 1.85 bits per heavy atom. The first kappa shape index (κ1) is 12.4. The zero-order valence-corrected chi connectivity index (χ0v) is 10.9. The van der Waals surface area contributed by atoms with Crippen molar-refractivity contribution in [3.8, 4) is 5.95 Å². The monoisotopic (exact) mass is 287 g/mol. The van der Waals surface area contributed by atoms with Crippen LogP contribution in [0.3, 0.4) is 0 Å². The minimum atomic E-state index is 0.240. The van der Waals surface area contributed by atoms with Crippen LogP contribution >= 0.6 is 11.8 Å². The fourth-order valence-corrected chi connectivity index (χ4v) is 2.02. The Labute approximate surface area is 117 Å². The number of anilines is 1. The highest BCUT2D eigenvalue weighted by atomic mass is 32.2. The summed E-state index contributed by atoms with van der Waals surface area (Å²) in [5.41, 5.74) is 2.40. The Morgan fingerprint density at radius 1 is 1.00 bits per heavy atom. The number of hydrazine groups is 1. The van der Waals surface area contributed by atoms with Gasteiger partial charge in [0.1, 0.15) is 0 Å². The lowest BCUT2D eigenvalue weighted by atomic mass is 10.7. The smallest absolute Gasteiger partial charge is 0.256 e. The molecule has 10 heteroatoms. The third kappa shape index (κ3) is 2.70. The van der Waals surface area contributed by atoms with Gasteiger partial charge in [0, 0.05) is 24.8 Å². The molecular weight excluding hydrogens is 278 g/mol. The van der Waals surface area contributed by atoms with E-state index in [2.05, 4.69) is 35.4 Å². The lowest BCUT2D eigenvalue weighted by Crippen LogP contribution is -2.14. The second kappa shape index (κ2) is 5.59. The molecule has 0 saturated carbocycles. The summed E-state index contributed by atoms with van der Waals surface area (Å²) in [5, 5.41) is 5.02. The van der Waals surface area contributed by atoms with Gasteiger partial charge in [0.05, 0.1) is 0 Å². The minimum Gasteiger partial charge on any atom is -0.292 e. The molecule has 3 N–H and O–H groups in total. The van der Waals surface area contributed by atoms with Crippen LogP contribution in [0, 0.1) is 0 Å². The zero-order valence-electron chi connectivity index (χ0n) is 10.1. The van der Waals surface area contributed by atoms with E-state index in [0.717, 1.165) is 0 Å². The quantitative estimate of drug-likeness (QED) is 0.396. The van der Waals surface area contributed by atoms with E-state index in [1.165, 1.54) is 16.4 Å². The van der Waals surface area contributed by atoms with E-state index < -0.39 is 0 Å².